The predicted octanol–water partition coefficient (Wildman–Crippen LogP) is 4.24. The first kappa shape index (κ1) is 16.7. The van der Waals surface area contributed by atoms with Gasteiger partial charge in [-0.2, -0.15) is 0 Å². The zero-order chi connectivity index (χ0) is 17.6. The Morgan fingerprint density at radius 2 is 1.36 bits per heavy atom. The summed E-state index contributed by atoms with van der Waals surface area (Å²) in [5.41, 5.74) is 1.71. The Morgan fingerprint density at radius 3 is 2.08 bits per heavy atom. The molecular weight excluding hydrogens is 338 g/mol. The number of nitrogens with zero attached hydrogens (tertiary/aromatic N) is 1. The molecule has 0 saturated heterocycles. The lowest BCUT2D eigenvalue weighted by molar-refractivity contribution is 0.102. The Labute approximate surface area is 149 Å². The normalized spacial score (nSPS) is 10.1. The molecule has 0 saturated carbocycles. The maximum atomic E-state index is 12.6. The standard InChI is InChI=1S/C19H14ClN3O2/c20-15-6-2-4-8-17(15)23-19(25)14-5-1-3-7-16(14)22-18(24)13-9-11-21-12-10-13/h1-12H,(H,22,24)(H,23,25). The van der Waals surface area contributed by atoms with Crippen molar-refractivity contribution in [3.8, 4) is 0 Å². The SMILES string of the molecule is O=C(Nc1ccccc1C(=O)Nc1ccccc1Cl)c1ccncc1. The first-order valence-corrected chi connectivity index (χ1v) is 7.89. The first-order chi connectivity index (χ1) is 12.1. The van der Waals surface area contributed by atoms with Crippen molar-refractivity contribution in [2.24, 2.45) is 0 Å². The quantitative estimate of drug-likeness (QED) is 0.738. The van der Waals surface area contributed by atoms with Crippen LogP contribution in [0.25, 0.3) is 0 Å². The molecule has 0 spiro atoms. The van der Waals surface area contributed by atoms with E-state index < -0.39 is 0 Å². The molecule has 3 aromatic rings. The second-order valence-corrected chi connectivity index (χ2v) is 5.58. The fourth-order valence-corrected chi connectivity index (χ4v) is 2.42. The van der Waals surface area contributed by atoms with Gasteiger partial charge in [0.25, 0.3) is 11.8 Å². The molecule has 0 fully saturated rings. The van der Waals surface area contributed by atoms with Crippen LogP contribution in [0.5, 0.6) is 0 Å². The summed E-state index contributed by atoms with van der Waals surface area (Å²) in [6.45, 7) is 0. The Kier molecular flexibility index (Phi) is 5.06. The van der Waals surface area contributed by atoms with E-state index in [1.54, 1.807) is 60.7 Å². The highest BCUT2D eigenvalue weighted by Crippen LogP contribution is 2.23. The molecule has 25 heavy (non-hydrogen) atoms. The lowest BCUT2D eigenvalue weighted by atomic mass is 10.1. The molecule has 0 unspecified atom stereocenters. The number of amides is 2. The van der Waals surface area contributed by atoms with Crippen molar-refractivity contribution >= 4 is 34.8 Å². The van der Waals surface area contributed by atoms with Crippen LogP contribution < -0.4 is 10.6 Å². The molecule has 124 valence electrons. The van der Waals surface area contributed by atoms with Crippen LogP contribution in [-0.2, 0) is 0 Å². The van der Waals surface area contributed by atoms with Crippen molar-refractivity contribution in [3.05, 3.63) is 89.2 Å². The fourth-order valence-electron chi connectivity index (χ4n) is 2.24. The van der Waals surface area contributed by atoms with E-state index in [-0.39, 0.29) is 11.8 Å². The van der Waals surface area contributed by atoms with Crippen molar-refractivity contribution in [2.45, 2.75) is 0 Å². The first-order valence-electron chi connectivity index (χ1n) is 7.51. The van der Waals surface area contributed by atoms with Crippen LogP contribution in [-0.4, -0.2) is 16.8 Å². The zero-order valence-electron chi connectivity index (χ0n) is 13.1. The Bertz CT molecular complexity index is 913. The van der Waals surface area contributed by atoms with Crippen LogP contribution in [0.1, 0.15) is 20.7 Å². The Hall–Kier alpha value is -3.18. The lowest BCUT2D eigenvalue weighted by Gasteiger charge is -2.12. The van der Waals surface area contributed by atoms with Crippen molar-refractivity contribution in [2.75, 3.05) is 10.6 Å². The Morgan fingerprint density at radius 1 is 0.760 bits per heavy atom. The van der Waals surface area contributed by atoms with Crippen LogP contribution in [0.2, 0.25) is 5.02 Å². The minimum atomic E-state index is -0.362. The van der Waals surface area contributed by atoms with Crippen LogP contribution in [0.15, 0.2) is 73.1 Å². The molecule has 0 aliphatic carbocycles. The lowest BCUT2D eigenvalue weighted by Crippen LogP contribution is -2.18. The van der Waals surface area contributed by atoms with Crippen molar-refractivity contribution < 1.29 is 9.59 Å². The number of hydrogen-bond acceptors (Lipinski definition) is 3. The smallest absolute Gasteiger partial charge is 0.257 e. The van der Waals surface area contributed by atoms with Gasteiger partial charge < -0.3 is 10.6 Å². The molecule has 0 aliphatic rings. The summed E-state index contributed by atoms with van der Waals surface area (Å²) in [4.78, 5) is 28.8. The van der Waals surface area contributed by atoms with Crippen LogP contribution >= 0.6 is 11.6 Å². The second kappa shape index (κ2) is 7.59. The van der Waals surface area contributed by atoms with E-state index in [4.69, 9.17) is 11.6 Å². The number of pyridine rings is 1. The van der Waals surface area contributed by atoms with E-state index >= 15 is 0 Å². The molecule has 5 nitrogen and oxygen atoms in total. The maximum absolute atomic E-state index is 12.6. The van der Waals surface area contributed by atoms with E-state index in [9.17, 15) is 9.59 Å². The predicted molar refractivity (Wildman–Crippen MR) is 98.0 cm³/mol. The third-order valence-electron chi connectivity index (χ3n) is 3.48. The number of carbonyl (C=O) groups excluding carboxylic acids is 2. The highest BCUT2D eigenvalue weighted by molar-refractivity contribution is 6.34. The Balaban J connectivity index is 1.82. The average molecular weight is 352 g/mol. The van der Waals surface area contributed by atoms with Crippen molar-refractivity contribution in [3.63, 3.8) is 0 Å². The van der Waals surface area contributed by atoms with Crippen LogP contribution in [0.4, 0.5) is 11.4 Å². The second-order valence-electron chi connectivity index (χ2n) is 5.17. The van der Waals surface area contributed by atoms with Gasteiger partial charge in [0.2, 0.25) is 0 Å². The number of rotatable bonds is 4. The van der Waals surface area contributed by atoms with Crippen LogP contribution in [0, 0.1) is 0 Å². The minimum Gasteiger partial charge on any atom is -0.321 e. The molecule has 0 radical (unpaired) electrons. The van der Waals surface area contributed by atoms with Gasteiger partial charge in [0, 0.05) is 18.0 Å². The topological polar surface area (TPSA) is 71.1 Å². The summed E-state index contributed by atoms with van der Waals surface area (Å²) < 4.78 is 0. The highest BCUT2D eigenvalue weighted by Gasteiger charge is 2.15. The number of carbonyl (C=O) groups is 2. The van der Waals surface area contributed by atoms with Crippen LogP contribution in [0.3, 0.4) is 0 Å². The number of halogens is 1. The van der Waals surface area contributed by atoms with Gasteiger partial charge in [-0.1, -0.05) is 35.9 Å². The van der Waals surface area contributed by atoms with Gasteiger partial charge in [-0.25, -0.2) is 0 Å². The summed E-state index contributed by atoms with van der Waals surface area (Å²) in [7, 11) is 0. The molecular formula is C19H14ClN3O2. The third kappa shape index (κ3) is 4.02. The monoisotopic (exact) mass is 351 g/mol. The minimum absolute atomic E-state index is 0.319. The zero-order valence-corrected chi connectivity index (χ0v) is 13.8. The molecule has 1 aromatic heterocycles. The van der Waals surface area contributed by atoms with Gasteiger partial charge in [-0.15, -0.1) is 0 Å². The summed E-state index contributed by atoms with van der Waals surface area (Å²) in [6.07, 6.45) is 3.07. The highest BCUT2D eigenvalue weighted by atomic mass is 35.5. The third-order valence-corrected chi connectivity index (χ3v) is 3.81. The summed E-state index contributed by atoms with van der Waals surface area (Å²) in [5, 5.41) is 5.93. The number of hydrogen-bond donors (Lipinski definition) is 2. The van der Waals surface area contributed by atoms with E-state index in [0.717, 1.165) is 0 Å². The van der Waals surface area contributed by atoms with Gasteiger partial charge in [-0.05, 0) is 36.4 Å². The maximum Gasteiger partial charge on any atom is 0.257 e. The van der Waals surface area contributed by atoms with Gasteiger partial charge >= 0.3 is 0 Å². The summed E-state index contributed by atoms with van der Waals surface area (Å²) >= 11 is 6.07. The van der Waals surface area contributed by atoms with Gasteiger partial charge in [0.15, 0.2) is 0 Å². The number of para-hydroxylation sites is 2. The van der Waals surface area contributed by atoms with E-state index in [1.807, 2.05) is 0 Å². The van der Waals surface area contributed by atoms with Gasteiger partial charge in [-0.3, -0.25) is 14.6 Å². The largest absolute Gasteiger partial charge is 0.321 e. The fraction of sp³-hybridized carbons (Fsp3) is 0. The number of nitrogens with one attached hydrogen (secondary N) is 2. The van der Waals surface area contributed by atoms with E-state index in [1.165, 1.54) is 12.4 Å². The van der Waals surface area contributed by atoms with E-state index in [0.29, 0.717) is 27.5 Å². The number of benzene rings is 2. The molecule has 0 bridgehead atoms. The van der Waals surface area contributed by atoms with Gasteiger partial charge in [0.05, 0.1) is 22.0 Å². The molecule has 2 N–H and O–H groups in total. The average Bonchev–Trinajstić information content (AvgIpc) is 2.64. The molecule has 3 rings (SSSR count). The molecule has 1 heterocycles. The van der Waals surface area contributed by atoms with Crippen molar-refractivity contribution in [1.82, 2.24) is 4.98 Å². The number of anilines is 2. The van der Waals surface area contributed by atoms with E-state index in [2.05, 4.69) is 15.6 Å². The molecule has 6 heteroatoms. The van der Waals surface area contributed by atoms with Crippen molar-refractivity contribution in [1.29, 1.82) is 0 Å². The summed E-state index contributed by atoms with van der Waals surface area (Å²) in [5.74, 6) is -0.681. The molecule has 0 aliphatic heterocycles. The number of aromatic nitrogens is 1. The van der Waals surface area contributed by atoms with Gasteiger partial charge in [0.1, 0.15) is 0 Å². The molecule has 0 atom stereocenters. The summed E-state index contributed by atoms with van der Waals surface area (Å²) in [6, 6.07) is 16.9. The molecule has 2 aromatic carbocycles. The molecule has 2 amide bonds.